The lowest BCUT2D eigenvalue weighted by molar-refractivity contribution is -0.141. The van der Waals surface area contributed by atoms with Crippen molar-refractivity contribution in [3.05, 3.63) is 59.7 Å². The van der Waals surface area contributed by atoms with Crippen LogP contribution in [0.3, 0.4) is 0 Å². The van der Waals surface area contributed by atoms with Crippen molar-refractivity contribution >= 4 is 29.1 Å². The third-order valence-electron chi connectivity index (χ3n) is 3.93. The highest BCUT2D eigenvalue weighted by molar-refractivity contribution is 6.52. The number of anilines is 1. The molecule has 1 heterocycles. The van der Waals surface area contributed by atoms with Crippen LogP contribution in [0.2, 0.25) is 0 Å². The van der Waals surface area contributed by atoms with Gasteiger partial charge in [0, 0.05) is 5.56 Å². The Morgan fingerprint density at radius 2 is 1.68 bits per heavy atom. The molecule has 0 fully saturated rings. The molecule has 0 atom stereocenters. The molecule has 0 aliphatic carbocycles. The van der Waals surface area contributed by atoms with Crippen LogP contribution in [0.4, 0.5) is 14.5 Å². The Balaban J connectivity index is 1.57. The van der Waals surface area contributed by atoms with Gasteiger partial charge in [-0.15, -0.1) is 0 Å². The molecule has 28 heavy (non-hydrogen) atoms. The molecule has 2 aromatic rings. The van der Waals surface area contributed by atoms with Crippen molar-refractivity contribution in [1.29, 1.82) is 0 Å². The molecule has 2 aromatic carbocycles. The Morgan fingerprint density at radius 3 is 2.36 bits per heavy atom. The van der Waals surface area contributed by atoms with Crippen LogP contribution in [0, 0.1) is 0 Å². The molecule has 0 aromatic heterocycles. The standard InChI is InChI=1S/C19H13F2NO6/c20-19(21)28-12-7-5-11(6-8-12)15(23)10-27-16(24)9-22-14-4-2-1-3-13(14)17(25)18(22)26/h1-8,19H,9-10H2. The second-order valence-corrected chi connectivity index (χ2v) is 5.72. The summed E-state index contributed by atoms with van der Waals surface area (Å²) < 4.78 is 33.3. The maximum absolute atomic E-state index is 12.1. The summed E-state index contributed by atoms with van der Waals surface area (Å²) in [5.74, 6) is -3.12. The van der Waals surface area contributed by atoms with E-state index in [1.54, 1.807) is 12.1 Å². The van der Waals surface area contributed by atoms with Gasteiger partial charge >= 0.3 is 12.6 Å². The number of carbonyl (C=O) groups excluding carboxylic acids is 4. The van der Waals surface area contributed by atoms with Gasteiger partial charge in [0.15, 0.2) is 12.4 Å². The summed E-state index contributed by atoms with van der Waals surface area (Å²) in [6, 6.07) is 11.1. The van der Waals surface area contributed by atoms with E-state index in [-0.39, 0.29) is 16.9 Å². The average molecular weight is 389 g/mol. The summed E-state index contributed by atoms with van der Waals surface area (Å²) in [6.45, 7) is -4.10. The smallest absolute Gasteiger partial charge is 0.387 e. The number of alkyl halides is 2. The quantitative estimate of drug-likeness (QED) is 0.410. The number of fused-ring (bicyclic) bond motifs is 1. The van der Waals surface area contributed by atoms with Crippen molar-refractivity contribution in [2.45, 2.75) is 6.61 Å². The van der Waals surface area contributed by atoms with Crippen LogP contribution in [0.15, 0.2) is 48.5 Å². The number of ether oxygens (including phenoxy) is 2. The van der Waals surface area contributed by atoms with Crippen molar-refractivity contribution in [2.75, 3.05) is 18.1 Å². The van der Waals surface area contributed by atoms with Crippen LogP contribution in [-0.2, 0) is 14.3 Å². The summed E-state index contributed by atoms with van der Waals surface area (Å²) >= 11 is 0. The second kappa shape index (κ2) is 7.95. The van der Waals surface area contributed by atoms with E-state index < -0.39 is 43.2 Å². The van der Waals surface area contributed by atoms with Crippen LogP contribution < -0.4 is 9.64 Å². The number of para-hydroxylation sites is 1. The molecule has 144 valence electrons. The number of benzene rings is 2. The topological polar surface area (TPSA) is 90.0 Å². The molecule has 1 aliphatic rings. The number of hydrogen-bond acceptors (Lipinski definition) is 6. The maximum atomic E-state index is 12.1. The van der Waals surface area contributed by atoms with Crippen molar-refractivity contribution in [3.8, 4) is 5.75 Å². The highest BCUT2D eigenvalue weighted by Crippen LogP contribution is 2.28. The Hall–Kier alpha value is -3.62. The number of hydrogen-bond donors (Lipinski definition) is 0. The van der Waals surface area contributed by atoms with Crippen molar-refractivity contribution in [2.24, 2.45) is 0 Å². The zero-order chi connectivity index (χ0) is 20.3. The molecule has 0 N–H and O–H groups in total. The minimum Gasteiger partial charge on any atom is -0.456 e. The van der Waals surface area contributed by atoms with Gasteiger partial charge < -0.3 is 9.47 Å². The van der Waals surface area contributed by atoms with Crippen molar-refractivity contribution in [3.63, 3.8) is 0 Å². The Bertz CT molecular complexity index is 942. The molecule has 0 bridgehead atoms. The molecule has 1 aliphatic heterocycles. The summed E-state index contributed by atoms with van der Waals surface area (Å²) in [7, 11) is 0. The molecule has 0 spiro atoms. The minimum absolute atomic E-state index is 0.112. The molecule has 9 heteroatoms. The molecule has 1 amide bonds. The molecule has 0 saturated heterocycles. The number of amides is 1. The van der Waals surface area contributed by atoms with E-state index in [4.69, 9.17) is 4.74 Å². The van der Waals surface area contributed by atoms with E-state index in [1.165, 1.54) is 36.4 Å². The number of rotatable bonds is 7. The predicted octanol–water partition coefficient (Wildman–Crippen LogP) is 2.24. The Morgan fingerprint density at radius 1 is 1.00 bits per heavy atom. The fraction of sp³-hybridized carbons (Fsp3) is 0.158. The van der Waals surface area contributed by atoms with E-state index in [2.05, 4.69) is 4.74 Å². The predicted molar refractivity (Wildman–Crippen MR) is 91.5 cm³/mol. The number of Topliss-reactive ketones (excluding diaryl/α,β-unsaturated/α-hetero) is 2. The van der Waals surface area contributed by atoms with Crippen LogP contribution in [0.25, 0.3) is 0 Å². The van der Waals surface area contributed by atoms with E-state index in [0.717, 1.165) is 4.90 Å². The van der Waals surface area contributed by atoms with E-state index in [9.17, 15) is 28.0 Å². The monoisotopic (exact) mass is 389 g/mol. The molecular formula is C19H13F2NO6. The molecule has 0 unspecified atom stereocenters. The number of nitrogens with zero attached hydrogens (tertiary/aromatic N) is 1. The average Bonchev–Trinajstić information content (AvgIpc) is 2.91. The Kier molecular flexibility index (Phi) is 5.44. The zero-order valence-electron chi connectivity index (χ0n) is 14.3. The largest absolute Gasteiger partial charge is 0.456 e. The van der Waals surface area contributed by atoms with Crippen molar-refractivity contribution < 1.29 is 37.4 Å². The van der Waals surface area contributed by atoms with Gasteiger partial charge in [-0.3, -0.25) is 24.1 Å². The van der Waals surface area contributed by atoms with E-state index >= 15 is 0 Å². The van der Waals surface area contributed by atoms with Gasteiger partial charge in [-0.2, -0.15) is 8.78 Å². The zero-order valence-corrected chi connectivity index (χ0v) is 14.3. The lowest BCUT2D eigenvalue weighted by atomic mass is 10.1. The highest BCUT2D eigenvalue weighted by atomic mass is 19.3. The number of esters is 1. The fourth-order valence-electron chi connectivity index (χ4n) is 2.63. The summed E-state index contributed by atoms with van der Waals surface area (Å²) in [4.78, 5) is 48.9. The third-order valence-corrected chi connectivity index (χ3v) is 3.93. The molecule has 0 radical (unpaired) electrons. The molecule has 7 nitrogen and oxygen atoms in total. The first-order valence-corrected chi connectivity index (χ1v) is 8.05. The van der Waals surface area contributed by atoms with Crippen LogP contribution in [0.5, 0.6) is 5.75 Å². The minimum atomic E-state index is -2.98. The first-order chi connectivity index (χ1) is 13.4. The lowest BCUT2D eigenvalue weighted by Crippen LogP contribution is -2.36. The SMILES string of the molecule is O=C(CN1C(=O)C(=O)c2ccccc21)OCC(=O)c1ccc(OC(F)F)cc1. The van der Waals surface area contributed by atoms with Gasteiger partial charge in [-0.05, 0) is 36.4 Å². The van der Waals surface area contributed by atoms with Gasteiger partial charge in [-0.25, -0.2) is 0 Å². The number of halogens is 2. The Labute approximate surface area is 157 Å². The van der Waals surface area contributed by atoms with Gasteiger partial charge in [0.05, 0.1) is 11.3 Å². The van der Waals surface area contributed by atoms with Crippen molar-refractivity contribution in [1.82, 2.24) is 0 Å². The number of ketones is 2. The van der Waals surface area contributed by atoms with E-state index in [0.29, 0.717) is 5.69 Å². The van der Waals surface area contributed by atoms with Gasteiger partial charge in [0.25, 0.3) is 11.7 Å². The first kappa shape index (κ1) is 19.2. The van der Waals surface area contributed by atoms with Gasteiger partial charge in [-0.1, -0.05) is 12.1 Å². The maximum Gasteiger partial charge on any atom is 0.387 e. The summed E-state index contributed by atoms with van der Waals surface area (Å²) in [6.07, 6.45) is 0. The second-order valence-electron chi connectivity index (χ2n) is 5.72. The van der Waals surface area contributed by atoms with Gasteiger partial charge in [0.2, 0.25) is 0 Å². The van der Waals surface area contributed by atoms with E-state index in [1.807, 2.05) is 0 Å². The lowest BCUT2D eigenvalue weighted by Gasteiger charge is -2.15. The van der Waals surface area contributed by atoms with Crippen LogP contribution >= 0.6 is 0 Å². The fourth-order valence-corrected chi connectivity index (χ4v) is 2.63. The molecular weight excluding hydrogens is 376 g/mol. The van der Waals surface area contributed by atoms with Crippen LogP contribution in [0.1, 0.15) is 20.7 Å². The summed E-state index contributed by atoms with van der Waals surface area (Å²) in [5, 5.41) is 0. The first-order valence-electron chi connectivity index (χ1n) is 8.05. The van der Waals surface area contributed by atoms with Crippen LogP contribution in [-0.4, -0.2) is 43.2 Å². The molecule has 3 rings (SSSR count). The number of carbonyl (C=O) groups is 4. The summed E-state index contributed by atoms with van der Waals surface area (Å²) in [5.41, 5.74) is 0.630. The third kappa shape index (κ3) is 4.03. The van der Waals surface area contributed by atoms with Gasteiger partial charge in [0.1, 0.15) is 12.3 Å². The molecule has 0 saturated carbocycles. The highest BCUT2D eigenvalue weighted by Gasteiger charge is 2.36. The normalized spacial score (nSPS) is 12.9.